The molecule has 1 aliphatic rings. The summed E-state index contributed by atoms with van der Waals surface area (Å²) in [6.07, 6.45) is 0. The molecule has 0 spiro atoms. The highest BCUT2D eigenvalue weighted by molar-refractivity contribution is 5.99. The summed E-state index contributed by atoms with van der Waals surface area (Å²) in [5, 5.41) is 0. The van der Waals surface area contributed by atoms with E-state index in [4.69, 9.17) is 4.74 Å². The van der Waals surface area contributed by atoms with Gasteiger partial charge in [0.1, 0.15) is 5.75 Å². The number of hydrogen-bond acceptors (Lipinski definition) is 4. The van der Waals surface area contributed by atoms with E-state index >= 15 is 0 Å². The Morgan fingerprint density at radius 1 is 0.718 bits per heavy atom. The van der Waals surface area contributed by atoms with Crippen molar-refractivity contribution in [2.24, 2.45) is 11.3 Å². The third-order valence-corrected chi connectivity index (χ3v) is 7.46. The summed E-state index contributed by atoms with van der Waals surface area (Å²) in [5.74, 6) is 0.646. The van der Waals surface area contributed by atoms with Gasteiger partial charge < -0.3 is 9.64 Å². The Balaban J connectivity index is 1.71. The number of carbonyl (C=O) groups is 1. The van der Waals surface area contributed by atoms with Gasteiger partial charge >= 0.3 is 5.97 Å². The number of esters is 1. The van der Waals surface area contributed by atoms with E-state index in [2.05, 4.69) is 104 Å². The zero-order chi connectivity index (χ0) is 28.2. The van der Waals surface area contributed by atoms with E-state index in [0.29, 0.717) is 17.7 Å². The largest absolute Gasteiger partial charge is 0.426 e. The predicted octanol–water partition coefficient (Wildman–Crippen LogP) is 7.78. The molecule has 4 heteroatoms. The van der Waals surface area contributed by atoms with Crippen molar-refractivity contribution < 1.29 is 9.53 Å². The highest BCUT2D eigenvalue weighted by Crippen LogP contribution is 2.38. The minimum Gasteiger partial charge on any atom is -0.426 e. The average molecular weight is 525 g/mol. The third-order valence-electron chi connectivity index (χ3n) is 7.46. The van der Waals surface area contributed by atoms with Crippen molar-refractivity contribution in [3.63, 3.8) is 0 Å². The minimum absolute atomic E-state index is 0.233. The lowest BCUT2D eigenvalue weighted by Crippen LogP contribution is -2.48. The van der Waals surface area contributed by atoms with Gasteiger partial charge in [-0.2, -0.15) is 0 Å². The fourth-order valence-electron chi connectivity index (χ4n) is 5.15. The molecule has 0 unspecified atom stereocenters. The first-order valence-corrected chi connectivity index (χ1v) is 14.3. The molecule has 0 N–H and O–H groups in total. The van der Waals surface area contributed by atoms with Gasteiger partial charge in [0.25, 0.3) is 0 Å². The first-order valence-electron chi connectivity index (χ1n) is 14.3. The Hall–Kier alpha value is -3.37. The molecule has 39 heavy (non-hydrogen) atoms. The standard InChI is InChI=1S/C35H44N2O2/c1-25(2)32(27-11-9-8-10-12-27)33(29-15-19-31(20-16-29)39-34(38)35(5,6)7)28-13-17-30(18-14-28)37-23-21-36(22-24-37)26(3)4/h8-20,25-26H,21-24H2,1-7H3/b33-32+. The van der Waals surface area contributed by atoms with Crippen LogP contribution in [0, 0.1) is 11.3 Å². The van der Waals surface area contributed by atoms with Crippen LogP contribution in [0.4, 0.5) is 5.69 Å². The van der Waals surface area contributed by atoms with Gasteiger partial charge in [-0.1, -0.05) is 68.4 Å². The summed E-state index contributed by atoms with van der Waals surface area (Å²) in [6, 6.07) is 28.3. The molecule has 0 aliphatic carbocycles. The third kappa shape index (κ3) is 6.99. The number of ether oxygens (including phenoxy) is 1. The van der Waals surface area contributed by atoms with Crippen molar-refractivity contribution >= 4 is 22.8 Å². The molecule has 0 saturated carbocycles. The van der Waals surface area contributed by atoms with Crippen LogP contribution < -0.4 is 9.64 Å². The van der Waals surface area contributed by atoms with Crippen molar-refractivity contribution in [3.05, 3.63) is 95.6 Å². The fourth-order valence-corrected chi connectivity index (χ4v) is 5.15. The summed E-state index contributed by atoms with van der Waals surface area (Å²) >= 11 is 0. The number of piperazine rings is 1. The van der Waals surface area contributed by atoms with Crippen LogP contribution in [-0.2, 0) is 4.79 Å². The SMILES string of the molecule is CC(C)/C(=C(\c1ccc(OC(=O)C(C)(C)C)cc1)c1ccc(N2CCN(C(C)C)CC2)cc1)c1ccccc1. The van der Waals surface area contributed by atoms with Gasteiger partial charge in [-0.25, -0.2) is 0 Å². The van der Waals surface area contributed by atoms with Gasteiger partial charge in [-0.05, 0) is 92.6 Å². The predicted molar refractivity (Wildman–Crippen MR) is 164 cm³/mol. The van der Waals surface area contributed by atoms with Gasteiger partial charge in [-0.3, -0.25) is 9.69 Å². The molecule has 0 radical (unpaired) electrons. The molecule has 3 aromatic carbocycles. The average Bonchev–Trinajstić information content (AvgIpc) is 2.92. The summed E-state index contributed by atoms with van der Waals surface area (Å²) in [4.78, 5) is 17.5. The Morgan fingerprint density at radius 2 is 1.26 bits per heavy atom. The van der Waals surface area contributed by atoms with E-state index in [1.54, 1.807) is 0 Å². The van der Waals surface area contributed by atoms with E-state index in [-0.39, 0.29) is 5.97 Å². The zero-order valence-corrected chi connectivity index (χ0v) is 24.7. The summed E-state index contributed by atoms with van der Waals surface area (Å²) in [5.41, 5.74) is 6.75. The highest BCUT2D eigenvalue weighted by atomic mass is 16.5. The van der Waals surface area contributed by atoms with Crippen molar-refractivity contribution in [2.45, 2.75) is 54.5 Å². The topological polar surface area (TPSA) is 32.8 Å². The second kappa shape index (κ2) is 12.2. The number of carbonyl (C=O) groups excluding carboxylic acids is 1. The van der Waals surface area contributed by atoms with Crippen LogP contribution in [0.2, 0.25) is 0 Å². The lowest BCUT2D eigenvalue weighted by Gasteiger charge is -2.38. The van der Waals surface area contributed by atoms with Crippen LogP contribution in [-0.4, -0.2) is 43.1 Å². The lowest BCUT2D eigenvalue weighted by atomic mass is 9.84. The van der Waals surface area contributed by atoms with Gasteiger partial charge in [-0.15, -0.1) is 0 Å². The van der Waals surface area contributed by atoms with E-state index in [0.717, 1.165) is 31.7 Å². The maximum Gasteiger partial charge on any atom is 0.316 e. The molecule has 0 bridgehead atoms. The number of hydrogen-bond donors (Lipinski definition) is 0. The second-order valence-corrected chi connectivity index (χ2v) is 12.1. The zero-order valence-electron chi connectivity index (χ0n) is 24.7. The highest BCUT2D eigenvalue weighted by Gasteiger charge is 2.24. The first kappa shape index (κ1) is 28.6. The number of allylic oxidation sites excluding steroid dienone is 1. The number of benzene rings is 3. The van der Waals surface area contributed by atoms with E-state index in [1.165, 1.54) is 28.0 Å². The number of anilines is 1. The van der Waals surface area contributed by atoms with Crippen LogP contribution >= 0.6 is 0 Å². The monoisotopic (exact) mass is 524 g/mol. The smallest absolute Gasteiger partial charge is 0.316 e. The van der Waals surface area contributed by atoms with Crippen molar-refractivity contribution in [2.75, 3.05) is 31.1 Å². The van der Waals surface area contributed by atoms with E-state index in [1.807, 2.05) is 32.9 Å². The quantitative estimate of drug-likeness (QED) is 0.179. The van der Waals surface area contributed by atoms with Crippen LogP contribution in [0.3, 0.4) is 0 Å². The molecule has 1 heterocycles. The fraction of sp³-hybridized carbons (Fsp3) is 0.400. The van der Waals surface area contributed by atoms with E-state index in [9.17, 15) is 4.79 Å². The molecule has 1 fully saturated rings. The minimum atomic E-state index is -0.551. The van der Waals surface area contributed by atoms with E-state index < -0.39 is 5.41 Å². The normalized spacial score (nSPS) is 15.5. The Bertz CT molecular complexity index is 1260. The molecule has 206 valence electrons. The van der Waals surface area contributed by atoms with Crippen molar-refractivity contribution in [1.82, 2.24) is 4.90 Å². The molecular weight excluding hydrogens is 480 g/mol. The molecule has 0 atom stereocenters. The maximum absolute atomic E-state index is 12.4. The summed E-state index contributed by atoms with van der Waals surface area (Å²) < 4.78 is 5.65. The van der Waals surface area contributed by atoms with Crippen LogP contribution in [0.1, 0.15) is 65.2 Å². The molecular formula is C35H44N2O2. The molecule has 4 nitrogen and oxygen atoms in total. The lowest BCUT2D eigenvalue weighted by molar-refractivity contribution is -0.142. The van der Waals surface area contributed by atoms with Gasteiger partial charge in [0.2, 0.25) is 0 Å². The summed E-state index contributed by atoms with van der Waals surface area (Å²) in [7, 11) is 0. The first-order chi connectivity index (χ1) is 18.5. The van der Waals surface area contributed by atoms with Crippen LogP contribution in [0.5, 0.6) is 5.75 Å². The van der Waals surface area contributed by atoms with Crippen molar-refractivity contribution in [3.8, 4) is 5.75 Å². The Kier molecular flexibility index (Phi) is 8.97. The number of nitrogens with zero attached hydrogens (tertiary/aromatic N) is 2. The Morgan fingerprint density at radius 3 is 1.74 bits per heavy atom. The molecule has 0 aromatic heterocycles. The summed E-state index contributed by atoms with van der Waals surface area (Å²) in [6.45, 7) is 19.0. The van der Waals surface area contributed by atoms with Crippen LogP contribution in [0.15, 0.2) is 78.9 Å². The maximum atomic E-state index is 12.4. The molecule has 1 aliphatic heterocycles. The van der Waals surface area contributed by atoms with Gasteiger partial charge in [0, 0.05) is 37.9 Å². The second-order valence-electron chi connectivity index (χ2n) is 12.1. The molecule has 3 aromatic rings. The Labute approximate surface area is 235 Å². The molecule has 4 rings (SSSR count). The molecule has 0 amide bonds. The van der Waals surface area contributed by atoms with Gasteiger partial charge in [0.05, 0.1) is 5.41 Å². The number of rotatable bonds is 7. The van der Waals surface area contributed by atoms with Crippen molar-refractivity contribution in [1.29, 1.82) is 0 Å². The van der Waals surface area contributed by atoms with Crippen LogP contribution in [0.25, 0.3) is 11.1 Å². The van der Waals surface area contributed by atoms with Gasteiger partial charge in [0.15, 0.2) is 0 Å². The molecule has 1 saturated heterocycles.